The summed E-state index contributed by atoms with van der Waals surface area (Å²) in [7, 11) is 0. The number of nitrogens with zero attached hydrogens (tertiary/aromatic N) is 2. The number of urea groups is 1. The molecule has 1 heterocycles. The van der Waals surface area contributed by atoms with Gasteiger partial charge in [0.05, 0.1) is 17.9 Å². The van der Waals surface area contributed by atoms with E-state index in [-0.39, 0.29) is 29.7 Å². The first-order chi connectivity index (χ1) is 14.0. The summed E-state index contributed by atoms with van der Waals surface area (Å²) in [5.41, 5.74) is 0.620. The van der Waals surface area contributed by atoms with Crippen molar-refractivity contribution in [3.05, 3.63) is 35.9 Å². The first-order valence-corrected chi connectivity index (χ1v) is 10.6. The second-order valence-electron chi connectivity index (χ2n) is 8.27. The van der Waals surface area contributed by atoms with Gasteiger partial charge in [-0.05, 0) is 37.7 Å². The van der Waals surface area contributed by atoms with E-state index in [0.29, 0.717) is 39.3 Å². The third-order valence-electron chi connectivity index (χ3n) is 6.32. The third-order valence-corrected chi connectivity index (χ3v) is 6.32. The molecule has 0 unspecified atom stereocenters. The molecule has 7 nitrogen and oxygen atoms in total. The Bertz CT molecular complexity index is 778. The van der Waals surface area contributed by atoms with Crippen LogP contribution in [0.3, 0.4) is 0 Å². The van der Waals surface area contributed by atoms with Crippen molar-refractivity contribution in [3.8, 4) is 0 Å². The fourth-order valence-corrected chi connectivity index (χ4v) is 4.32. The Morgan fingerprint density at radius 3 is 2.66 bits per heavy atom. The molecule has 1 saturated heterocycles. The molecule has 29 heavy (non-hydrogen) atoms. The summed E-state index contributed by atoms with van der Waals surface area (Å²) < 4.78 is 5.14. The van der Waals surface area contributed by atoms with Gasteiger partial charge in [0.15, 0.2) is 0 Å². The lowest BCUT2D eigenvalue weighted by atomic mass is 9.94. The van der Waals surface area contributed by atoms with Crippen LogP contribution in [0.5, 0.6) is 0 Å². The van der Waals surface area contributed by atoms with Gasteiger partial charge in [-0.3, -0.25) is 9.59 Å². The molecule has 0 spiro atoms. The van der Waals surface area contributed by atoms with E-state index in [1.807, 2.05) is 42.2 Å². The van der Waals surface area contributed by atoms with Gasteiger partial charge in [-0.25, -0.2) is 4.79 Å². The van der Waals surface area contributed by atoms with Gasteiger partial charge < -0.3 is 19.9 Å². The number of ether oxygens (including phenoxy) is 1. The van der Waals surface area contributed by atoms with Crippen LogP contribution in [0.2, 0.25) is 0 Å². The molecular weight excluding hydrogens is 370 g/mol. The quantitative estimate of drug-likeness (QED) is 0.642. The van der Waals surface area contributed by atoms with E-state index in [1.165, 1.54) is 0 Å². The molecule has 1 aromatic rings. The standard InChI is InChI=1S/C22H29N3O4/c1-2-29-19(26)18-14-16(18)15-25(13-12-24-11-10-23-21(24)28)20(27)22(8-9-22)17-6-4-3-5-7-17/h3-7,16,18H,2,8-15H2,1H3,(H,23,28)/t16-,18+/m0/s1. The van der Waals surface area contributed by atoms with Crippen molar-refractivity contribution in [3.63, 3.8) is 0 Å². The van der Waals surface area contributed by atoms with E-state index in [2.05, 4.69) is 5.32 Å². The first-order valence-electron chi connectivity index (χ1n) is 10.6. The van der Waals surface area contributed by atoms with Gasteiger partial charge in [-0.1, -0.05) is 30.3 Å². The second kappa shape index (κ2) is 8.05. The van der Waals surface area contributed by atoms with E-state index in [0.717, 1.165) is 24.8 Å². The minimum Gasteiger partial charge on any atom is -0.466 e. The Morgan fingerprint density at radius 1 is 1.28 bits per heavy atom. The second-order valence-corrected chi connectivity index (χ2v) is 8.27. The average Bonchev–Trinajstić information content (AvgIpc) is 3.64. The molecule has 4 rings (SSSR count). The fraction of sp³-hybridized carbons (Fsp3) is 0.591. The molecule has 1 aliphatic heterocycles. The van der Waals surface area contributed by atoms with Gasteiger partial charge in [0, 0.05) is 32.7 Å². The largest absolute Gasteiger partial charge is 0.466 e. The fourth-order valence-electron chi connectivity index (χ4n) is 4.32. The number of nitrogens with one attached hydrogen (secondary N) is 1. The summed E-state index contributed by atoms with van der Waals surface area (Å²) in [4.78, 5) is 41.1. The topological polar surface area (TPSA) is 79.0 Å². The maximum atomic E-state index is 13.6. The van der Waals surface area contributed by atoms with Crippen LogP contribution in [0.4, 0.5) is 4.79 Å². The molecule has 0 bridgehead atoms. The highest BCUT2D eigenvalue weighted by molar-refractivity contribution is 5.91. The maximum absolute atomic E-state index is 13.6. The van der Waals surface area contributed by atoms with Gasteiger partial charge in [-0.2, -0.15) is 0 Å². The molecule has 3 amide bonds. The van der Waals surface area contributed by atoms with Crippen molar-refractivity contribution >= 4 is 17.9 Å². The number of benzene rings is 1. The normalized spacial score (nSPS) is 24.0. The highest BCUT2D eigenvalue weighted by Gasteiger charge is 2.54. The number of hydrogen-bond donors (Lipinski definition) is 1. The van der Waals surface area contributed by atoms with Gasteiger partial charge in [-0.15, -0.1) is 0 Å². The zero-order valence-corrected chi connectivity index (χ0v) is 16.9. The highest BCUT2D eigenvalue weighted by atomic mass is 16.5. The maximum Gasteiger partial charge on any atom is 0.317 e. The lowest BCUT2D eigenvalue weighted by Crippen LogP contribution is -2.45. The molecule has 156 valence electrons. The van der Waals surface area contributed by atoms with Crippen molar-refractivity contribution in [1.82, 2.24) is 15.1 Å². The van der Waals surface area contributed by atoms with E-state index >= 15 is 0 Å². The van der Waals surface area contributed by atoms with Crippen molar-refractivity contribution in [2.45, 2.75) is 31.6 Å². The van der Waals surface area contributed by atoms with Crippen LogP contribution < -0.4 is 5.32 Å². The summed E-state index contributed by atoms with van der Waals surface area (Å²) in [6, 6.07) is 9.88. The molecule has 0 aromatic heterocycles. The summed E-state index contributed by atoms with van der Waals surface area (Å²) in [6.07, 6.45) is 2.47. The number of rotatable bonds is 9. The molecular formula is C22H29N3O4. The molecule has 0 radical (unpaired) electrons. The third kappa shape index (κ3) is 4.09. The lowest BCUT2D eigenvalue weighted by Gasteiger charge is -2.29. The lowest BCUT2D eigenvalue weighted by molar-refractivity contribution is -0.145. The summed E-state index contributed by atoms with van der Waals surface area (Å²) in [5, 5.41) is 2.80. The summed E-state index contributed by atoms with van der Waals surface area (Å²) in [6.45, 7) is 5.06. The van der Waals surface area contributed by atoms with Crippen LogP contribution in [0.15, 0.2) is 30.3 Å². The van der Waals surface area contributed by atoms with Crippen LogP contribution in [-0.4, -0.2) is 67.0 Å². The molecule has 2 saturated carbocycles. The first kappa shape index (κ1) is 19.7. The SMILES string of the molecule is CCOC(=O)[C@@H]1C[C@H]1CN(CCN1CCNC1=O)C(=O)C1(c2ccccc2)CC1. The Labute approximate surface area is 171 Å². The minimum atomic E-state index is -0.442. The average molecular weight is 399 g/mol. The van der Waals surface area contributed by atoms with Crippen LogP contribution in [-0.2, 0) is 19.7 Å². The van der Waals surface area contributed by atoms with E-state index in [1.54, 1.807) is 4.90 Å². The smallest absolute Gasteiger partial charge is 0.317 e. The highest BCUT2D eigenvalue weighted by Crippen LogP contribution is 2.50. The number of carbonyl (C=O) groups excluding carboxylic acids is 3. The van der Waals surface area contributed by atoms with Crippen LogP contribution in [0, 0.1) is 11.8 Å². The Hall–Kier alpha value is -2.57. The molecule has 1 aromatic carbocycles. The van der Waals surface area contributed by atoms with E-state index in [4.69, 9.17) is 4.74 Å². The molecule has 2 atom stereocenters. The Morgan fingerprint density at radius 2 is 2.03 bits per heavy atom. The zero-order chi connectivity index (χ0) is 20.4. The van der Waals surface area contributed by atoms with Gasteiger partial charge >= 0.3 is 12.0 Å². The predicted molar refractivity (Wildman–Crippen MR) is 107 cm³/mol. The number of hydrogen-bond acceptors (Lipinski definition) is 4. The van der Waals surface area contributed by atoms with Gasteiger partial charge in [0.2, 0.25) is 5.91 Å². The van der Waals surface area contributed by atoms with E-state index in [9.17, 15) is 14.4 Å². The number of amides is 3. The predicted octanol–water partition coefficient (Wildman–Crippen LogP) is 1.77. The van der Waals surface area contributed by atoms with Gasteiger partial charge in [0.25, 0.3) is 0 Å². The van der Waals surface area contributed by atoms with E-state index < -0.39 is 5.41 Å². The van der Waals surface area contributed by atoms with Crippen LogP contribution in [0.25, 0.3) is 0 Å². The molecule has 7 heteroatoms. The molecule has 2 aliphatic carbocycles. The molecule has 1 N–H and O–H groups in total. The minimum absolute atomic E-state index is 0.0718. The number of carbonyl (C=O) groups is 3. The van der Waals surface area contributed by atoms with Gasteiger partial charge in [0.1, 0.15) is 0 Å². The molecule has 3 aliphatic rings. The van der Waals surface area contributed by atoms with Crippen molar-refractivity contribution < 1.29 is 19.1 Å². The summed E-state index contributed by atoms with van der Waals surface area (Å²) in [5.74, 6) is 0.00928. The van der Waals surface area contributed by atoms with Crippen LogP contribution >= 0.6 is 0 Å². The van der Waals surface area contributed by atoms with Crippen LogP contribution in [0.1, 0.15) is 31.7 Å². The monoisotopic (exact) mass is 399 g/mol. The van der Waals surface area contributed by atoms with Crippen molar-refractivity contribution in [2.75, 3.05) is 39.3 Å². The number of esters is 1. The zero-order valence-electron chi connectivity index (χ0n) is 16.9. The van der Waals surface area contributed by atoms with Crippen molar-refractivity contribution in [1.29, 1.82) is 0 Å². The Kier molecular flexibility index (Phi) is 5.48. The summed E-state index contributed by atoms with van der Waals surface area (Å²) >= 11 is 0. The van der Waals surface area contributed by atoms with Crippen molar-refractivity contribution in [2.24, 2.45) is 11.8 Å². The molecule has 3 fully saturated rings. The Balaban J connectivity index is 1.45.